The first-order chi connectivity index (χ1) is 17.6. The van der Waals surface area contributed by atoms with Crippen molar-refractivity contribution in [2.45, 2.75) is 23.6 Å². The molecule has 1 amide bonds. The molecule has 192 valence electrons. The molecule has 2 heterocycles. The normalized spacial score (nSPS) is 15.2. The Morgan fingerprint density at radius 3 is 2.30 bits per heavy atom. The van der Waals surface area contributed by atoms with Crippen molar-refractivity contribution in [3.05, 3.63) is 77.5 Å². The number of hydrogen-bond donors (Lipinski definition) is 3. The standard InChI is InChI=1S/C23H20N4O8S2/c1-14-20(22(28)26(24-14)16-6-10-18(11-7-16)36-35-34-30)4-3-5-21-15(2)25-27(23(21)29)17-8-12-19(13-9-17)37(31,32)33/h3-13,29-30H,1-2H3,(H,31,32,33). The van der Waals surface area contributed by atoms with Gasteiger partial charge in [-0.25, -0.2) is 9.94 Å². The van der Waals surface area contributed by atoms with E-state index in [2.05, 4.69) is 19.6 Å². The lowest BCUT2D eigenvalue weighted by molar-refractivity contribution is -0.432. The van der Waals surface area contributed by atoms with Gasteiger partial charge in [-0.2, -0.15) is 23.6 Å². The Bertz CT molecular complexity index is 1530. The molecule has 0 fully saturated rings. The maximum Gasteiger partial charge on any atom is 0.294 e. The lowest BCUT2D eigenvalue weighted by atomic mass is 10.1. The van der Waals surface area contributed by atoms with Crippen molar-refractivity contribution in [2.75, 3.05) is 5.01 Å². The lowest BCUT2D eigenvalue weighted by Gasteiger charge is -2.11. The first-order valence-corrected chi connectivity index (χ1v) is 12.7. The summed E-state index contributed by atoms with van der Waals surface area (Å²) in [5.41, 5.74) is 2.66. The zero-order valence-electron chi connectivity index (χ0n) is 19.3. The molecule has 1 aromatic heterocycles. The van der Waals surface area contributed by atoms with E-state index >= 15 is 0 Å². The SMILES string of the molecule is CC1=NN(c2ccc(SOOO)cc2)C(=O)C1=CC=Cc1c(C)nn(-c2ccc(S(=O)(=O)O)cc2)c1O. The second kappa shape index (κ2) is 10.7. The molecule has 3 N–H and O–H groups in total. The summed E-state index contributed by atoms with van der Waals surface area (Å²) < 4.78 is 37.2. The highest BCUT2D eigenvalue weighted by Gasteiger charge is 2.28. The number of rotatable bonds is 8. The van der Waals surface area contributed by atoms with Crippen LogP contribution in [0.2, 0.25) is 0 Å². The van der Waals surface area contributed by atoms with Crippen molar-refractivity contribution >= 4 is 45.5 Å². The van der Waals surface area contributed by atoms with Gasteiger partial charge in [0.05, 0.1) is 50.9 Å². The van der Waals surface area contributed by atoms with Crippen LogP contribution in [0.1, 0.15) is 18.2 Å². The van der Waals surface area contributed by atoms with Crippen molar-refractivity contribution in [2.24, 2.45) is 5.10 Å². The van der Waals surface area contributed by atoms with E-state index in [4.69, 9.17) is 9.81 Å². The van der Waals surface area contributed by atoms with Gasteiger partial charge < -0.3 is 5.11 Å². The van der Waals surface area contributed by atoms with E-state index in [-0.39, 0.29) is 16.7 Å². The van der Waals surface area contributed by atoms with Crippen molar-refractivity contribution < 1.29 is 37.5 Å². The van der Waals surface area contributed by atoms with Gasteiger partial charge in [-0.3, -0.25) is 9.35 Å². The zero-order chi connectivity index (χ0) is 26.7. The van der Waals surface area contributed by atoms with Gasteiger partial charge in [0.2, 0.25) is 5.88 Å². The first kappa shape index (κ1) is 26.3. The summed E-state index contributed by atoms with van der Waals surface area (Å²) in [6, 6.07) is 11.8. The van der Waals surface area contributed by atoms with Gasteiger partial charge in [0.1, 0.15) is 0 Å². The number of anilines is 1. The number of aromatic nitrogens is 2. The van der Waals surface area contributed by atoms with E-state index in [0.29, 0.717) is 38.8 Å². The van der Waals surface area contributed by atoms with Crippen molar-refractivity contribution in [3.8, 4) is 11.6 Å². The number of aryl methyl sites for hydroxylation is 1. The molecule has 3 aromatic rings. The Balaban J connectivity index is 1.52. The van der Waals surface area contributed by atoms with Crippen LogP contribution in [0.3, 0.4) is 0 Å². The van der Waals surface area contributed by atoms with Gasteiger partial charge in [-0.1, -0.05) is 11.1 Å². The topological polar surface area (TPSA) is 164 Å². The minimum Gasteiger partial charge on any atom is -0.493 e. The lowest BCUT2D eigenvalue weighted by Crippen LogP contribution is -2.21. The molecule has 0 atom stereocenters. The van der Waals surface area contributed by atoms with E-state index in [0.717, 1.165) is 12.0 Å². The molecule has 0 unspecified atom stereocenters. The molecule has 0 spiro atoms. The van der Waals surface area contributed by atoms with Crippen LogP contribution in [0, 0.1) is 6.92 Å². The van der Waals surface area contributed by atoms with E-state index in [1.807, 2.05) is 0 Å². The second-order valence-corrected chi connectivity index (χ2v) is 9.86. The van der Waals surface area contributed by atoms with Gasteiger partial charge in [0, 0.05) is 4.90 Å². The molecular weight excluding hydrogens is 524 g/mol. The third-order valence-corrected chi connectivity index (χ3v) is 6.75. The van der Waals surface area contributed by atoms with Crippen LogP contribution in [0.15, 0.2) is 81.1 Å². The molecule has 37 heavy (non-hydrogen) atoms. The number of hydrazone groups is 1. The summed E-state index contributed by atoms with van der Waals surface area (Å²) in [6.07, 6.45) is 4.76. The predicted octanol–water partition coefficient (Wildman–Crippen LogP) is 3.92. The Labute approximate surface area is 215 Å². The summed E-state index contributed by atoms with van der Waals surface area (Å²) in [5, 5.41) is 32.3. The fraction of sp³-hybridized carbons (Fsp3) is 0.0870. The summed E-state index contributed by atoms with van der Waals surface area (Å²) in [6.45, 7) is 3.38. The molecule has 1 aliphatic rings. The van der Waals surface area contributed by atoms with Crippen LogP contribution in [0.25, 0.3) is 11.8 Å². The van der Waals surface area contributed by atoms with E-state index < -0.39 is 10.1 Å². The smallest absolute Gasteiger partial charge is 0.294 e. The Hall–Kier alpha value is -3.79. The summed E-state index contributed by atoms with van der Waals surface area (Å²) in [4.78, 5) is 13.3. The van der Waals surface area contributed by atoms with Gasteiger partial charge >= 0.3 is 0 Å². The van der Waals surface area contributed by atoms with Crippen LogP contribution >= 0.6 is 12.0 Å². The predicted molar refractivity (Wildman–Crippen MR) is 135 cm³/mol. The highest BCUT2D eigenvalue weighted by molar-refractivity contribution is 7.94. The highest BCUT2D eigenvalue weighted by atomic mass is 32.2. The molecular formula is C23H20N4O8S2. The third-order valence-electron chi connectivity index (χ3n) is 5.29. The van der Waals surface area contributed by atoms with Crippen LogP contribution in [-0.2, 0) is 24.3 Å². The Morgan fingerprint density at radius 2 is 1.68 bits per heavy atom. The molecule has 0 radical (unpaired) electrons. The number of hydrogen-bond acceptors (Lipinski definition) is 10. The van der Waals surface area contributed by atoms with Gasteiger partial charge in [-0.15, -0.1) is 4.33 Å². The fourth-order valence-electron chi connectivity index (χ4n) is 3.48. The summed E-state index contributed by atoms with van der Waals surface area (Å²) in [7, 11) is -4.34. The number of nitrogens with zero attached hydrogens (tertiary/aromatic N) is 4. The molecule has 0 aliphatic carbocycles. The van der Waals surface area contributed by atoms with Gasteiger partial charge in [0.25, 0.3) is 16.0 Å². The number of carbonyl (C=O) groups is 1. The van der Waals surface area contributed by atoms with E-state index in [9.17, 15) is 18.3 Å². The quantitative estimate of drug-likeness (QED) is 0.124. The average molecular weight is 545 g/mol. The Kier molecular flexibility index (Phi) is 7.58. The second-order valence-electron chi connectivity index (χ2n) is 7.67. The van der Waals surface area contributed by atoms with Crippen molar-refractivity contribution in [1.29, 1.82) is 0 Å². The Morgan fingerprint density at radius 1 is 1.03 bits per heavy atom. The largest absolute Gasteiger partial charge is 0.493 e. The van der Waals surface area contributed by atoms with Crippen molar-refractivity contribution in [3.63, 3.8) is 0 Å². The molecule has 0 saturated heterocycles. The van der Waals surface area contributed by atoms with Crippen LogP contribution in [-0.4, -0.2) is 44.7 Å². The number of benzene rings is 2. The molecule has 12 nitrogen and oxygen atoms in total. The first-order valence-electron chi connectivity index (χ1n) is 10.5. The molecule has 4 rings (SSSR count). The molecule has 1 aliphatic heterocycles. The molecule has 2 aromatic carbocycles. The zero-order valence-corrected chi connectivity index (χ0v) is 21.0. The fourth-order valence-corrected chi connectivity index (χ4v) is 4.32. The van der Waals surface area contributed by atoms with Crippen molar-refractivity contribution in [1.82, 2.24) is 9.78 Å². The number of aromatic hydroxyl groups is 1. The van der Waals surface area contributed by atoms with E-state index in [1.54, 1.807) is 56.3 Å². The maximum absolute atomic E-state index is 12.9. The molecule has 0 bridgehead atoms. The van der Waals surface area contributed by atoms with Gasteiger partial charge in [0.15, 0.2) is 0 Å². The van der Waals surface area contributed by atoms with Crippen LogP contribution in [0.4, 0.5) is 5.69 Å². The molecule has 14 heteroatoms. The number of allylic oxidation sites excluding steroid dienone is 2. The maximum atomic E-state index is 12.9. The third kappa shape index (κ3) is 5.64. The average Bonchev–Trinajstić information content (AvgIpc) is 3.32. The number of carbonyl (C=O) groups excluding carboxylic acids is 1. The van der Waals surface area contributed by atoms with Gasteiger partial charge in [-0.05, 0) is 74.5 Å². The monoisotopic (exact) mass is 544 g/mol. The van der Waals surface area contributed by atoms with E-state index in [1.165, 1.54) is 34.0 Å². The minimum atomic E-state index is -4.34. The molecule has 0 saturated carbocycles. The summed E-state index contributed by atoms with van der Waals surface area (Å²) in [5.74, 6) is -0.530. The number of amides is 1. The summed E-state index contributed by atoms with van der Waals surface area (Å²) >= 11 is 0.793. The van der Waals surface area contributed by atoms with Crippen LogP contribution < -0.4 is 5.01 Å². The highest BCUT2D eigenvalue weighted by Crippen LogP contribution is 2.29. The van der Waals surface area contributed by atoms with Crippen LogP contribution in [0.5, 0.6) is 5.88 Å². The minimum absolute atomic E-state index is 0.190.